The number of carbonyl (C=O) groups excluding carboxylic acids is 1. The molecule has 0 aliphatic carbocycles. The number of nitrogens with one attached hydrogen (secondary N) is 1. The maximum Gasteiger partial charge on any atom is 0.271 e. The van der Waals surface area contributed by atoms with Gasteiger partial charge in [0.15, 0.2) is 0 Å². The van der Waals surface area contributed by atoms with Crippen molar-refractivity contribution in [2.45, 2.75) is 13.1 Å². The number of aromatic nitrogens is 3. The number of nitrogens with zero attached hydrogens (tertiary/aromatic N) is 3. The predicted octanol–water partition coefficient (Wildman–Crippen LogP) is 4.87. The molecule has 0 fully saturated rings. The van der Waals surface area contributed by atoms with Crippen molar-refractivity contribution in [3.8, 4) is 0 Å². The van der Waals surface area contributed by atoms with E-state index in [9.17, 15) is 4.79 Å². The summed E-state index contributed by atoms with van der Waals surface area (Å²) in [5.74, 6) is -0.496. The van der Waals surface area contributed by atoms with Gasteiger partial charge in [0.1, 0.15) is 10.8 Å². The predicted molar refractivity (Wildman–Crippen MR) is 103 cm³/mol. The van der Waals surface area contributed by atoms with Crippen LogP contribution in [0, 0.1) is 0 Å². The fourth-order valence-corrected chi connectivity index (χ4v) is 3.16. The zero-order valence-electron chi connectivity index (χ0n) is 13.2. The van der Waals surface area contributed by atoms with Crippen molar-refractivity contribution in [3.63, 3.8) is 0 Å². The van der Waals surface area contributed by atoms with Crippen LogP contribution in [0.2, 0.25) is 20.2 Å². The number of rotatable bonds is 5. The Labute approximate surface area is 169 Å². The molecule has 2 aromatic heterocycles. The number of halogens is 4. The molecule has 2 heterocycles. The van der Waals surface area contributed by atoms with E-state index >= 15 is 0 Å². The molecule has 26 heavy (non-hydrogen) atoms. The van der Waals surface area contributed by atoms with E-state index in [2.05, 4.69) is 15.4 Å². The van der Waals surface area contributed by atoms with Gasteiger partial charge >= 0.3 is 0 Å². The van der Waals surface area contributed by atoms with E-state index in [0.717, 1.165) is 11.1 Å². The standard InChI is InChI=1S/C17H12Cl4N4O/c18-12-13(19)15(24-16(21)14(12)20)17(26)22-8-10-4-1-2-5-11(10)9-25-7-3-6-23-25/h1-7H,8-9H2,(H,22,26). The Morgan fingerprint density at radius 2 is 1.73 bits per heavy atom. The second-order valence-electron chi connectivity index (χ2n) is 5.35. The summed E-state index contributed by atoms with van der Waals surface area (Å²) in [5, 5.41) is 6.86. The highest BCUT2D eigenvalue weighted by Crippen LogP contribution is 2.36. The lowest BCUT2D eigenvalue weighted by molar-refractivity contribution is 0.0946. The van der Waals surface area contributed by atoms with Crippen molar-refractivity contribution in [2.24, 2.45) is 0 Å². The molecule has 0 radical (unpaired) electrons. The highest BCUT2D eigenvalue weighted by Gasteiger charge is 2.20. The van der Waals surface area contributed by atoms with Gasteiger partial charge in [-0.2, -0.15) is 5.10 Å². The van der Waals surface area contributed by atoms with E-state index < -0.39 is 5.91 Å². The van der Waals surface area contributed by atoms with Gasteiger partial charge in [-0.05, 0) is 17.2 Å². The van der Waals surface area contributed by atoms with E-state index in [-0.39, 0.29) is 32.5 Å². The summed E-state index contributed by atoms with van der Waals surface area (Å²) in [7, 11) is 0. The van der Waals surface area contributed by atoms with Gasteiger partial charge in [-0.3, -0.25) is 9.48 Å². The normalized spacial score (nSPS) is 10.8. The maximum absolute atomic E-state index is 12.4. The lowest BCUT2D eigenvalue weighted by atomic mass is 10.1. The Hall–Kier alpha value is -1.79. The molecule has 0 bridgehead atoms. The van der Waals surface area contributed by atoms with Crippen LogP contribution >= 0.6 is 46.4 Å². The molecule has 0 unspecified atom stereocenters. The summed E-state index contributed by atoms with van der Waals surface area (Å²) in [6, 6.07) is 9.59. The van der Waals surface area contributed by atoms with Crippen molar-refractivity contribution in [1.29, 1.82) is 0 Å². The average Bonchev–Trinajstić information content (AvgIpc) is 3.15. The number of carbonyl (C=O) groups is 1. The van der Waals surface area contributed by atoms with Gasteiger partial charge in [0.05, 0.1) is 21.6 Å². The first kappa shape index (κ1) is 19.0. The van der Waals surface area contributed by atoms with Crippen molar-refractivity contribution < 1.29 is 4.79 Å². The van der Waals surface area contributed by atoms with Crippen LogP contribution in [0.1, 0.15) is 21.6 Å². The fraction of sp³-hybridized carbons (Fsp3) is 0.118. The van der Waals surface area contributed by atoms with Crippen LogP contribution in [0.3, 0.4) is 0 Å². The highest BCUT2D eigenvalue weighted by molar-refractivity contribution is 6.52. The zero-order valence-corrected chi connectivity index (χ0v) is 16.2. The smallest absolute Gasteiger partial charge is 0.271 e. The Kier molecular flexibility index (Phi) is 6.04. The molecule has 134 valence electrons. The van der Waals surface area contributed by atoms with Crippen LogP contribution in [0.4, 0.5) is 0 Å². The average molecular weight is 430 g/mol. The molecule has 1 amide bonds. The third kappa shape index (κ3) is 4.13. The Morgan fingerprint density at radius 3 is 2.42 bits per heavy atom. The first-order valence-electron chi connectivity index (χ1n) is 7.49. The molecule has 0 spiro atoms. The molecular formula is C17H12Cl4N4O. The first-order chi connectivity index (χ1) is 12.5. The van der Waals surface area contributed by atoms with E-state index in [4.69, 9.17) is 46.4 Å². The number of hydrogen-bond donors (Lipinski definition) is 1. The molecule has 3 aromatic rings. The molecule has 5 nitrogen and oxygen atoms in total. The summed E-state index contributed by atoms with van der Waals surface area (Å²) in [6.07, 6.45) is 3.59. The van der Waals surface area contributed by atoms with Gasteiger partial charge in [-0.15, -0.1) is 0 Å². The van der Waals surface area contributed by atoms with Crippen molar-refractivity contribution in [3.05, 3.63) is 79.8 Å². The van der Waals surface area contributed by atoms with Crippen LogP contribution in [0.25, 0.3) is 0 Å². The summed E-state index contributed by atoms with van der Waals surface area (Å²) in [5.41, 5.74) is 1.90. The van der Waals surface area contributed by atoms with Gasteiger partial charge < -0.3 is 5.32 Å². The van der Waals surface area contributed by atoms with Crippen LogP contribution in [-0.2, 0) is 13.1 Å². The lowest BCUT2D eigenvalue weighted by Gasteiger charge is -2.12. The lowest BCUT2D eigenvalue weighted by Crippen LogP contribution is -2.25. The second kappa shape index (κ2) is 8.27. The Balaban J connectivity index is 1.77. The van der Waals surface area contributed by atoms with E-state index in [1.165, 1.54) is 0 Å². The van der Waals surface area contributed by atoms with Gasteiger partial charge in [0, 0.05) is 18.9 Å². The third-order valence-corrected chi connectivity index (χ3v) is 5.33. The van der Waals surface area contributed by atoms with Crippen LogP contribution < -0.4 is 5.32 Å². The monoisotopic (exact) mass is 428 g/mol. The first-order valence-corrected chi connectivity index (χ1v) is 9.01. The quantitative estimate of drug-likeness (QED) is 0.588. The summed E-state index contributed by atoms with van der Waals surface area (Å²) < 4.78 is 1.80. The van der Waals surface area contributed by atoms with E-state index in [1.807, 2.05) is 36.5 Å². The van der Waals surface area contributed by atoms with Crippen molar-refractivity contribution in [1.82, 2.24) is 20.1 Å². The summed E-state index contributed by atoms with van der Waals surface area (Å²) in [6.45, 7) is 0.878. The molecule has 0 aliphatic heterocycles. The molecule has 0 aliphatic rings. The Bertz CT molecular complexity index is 944. The maximum atomic E-state index is 12.4. The molecule has 9 heteroatoms. The van der Waals surface area contributed by atoms with Crippen molar-refractivity contribution >= 4 is 52.3 Å². The molecule has 0 saturated carbocycles. The van der Waals surface area contributed by atoms with Gasteiger partial charge in [0.2, 0.25) is 0 Å². The molecule has 1 aromatic carbocycles. The second-order valence-corrected chi connectivity index (χ2v) is 6.84. The number of amides is 1. The van der Waals surface area contributed by atoms with Crippen LogP contribution in [0.15, 0.2) is 42.7 Å². The molecule has 0 saturated heterocycles. The van der Waals surface area contributed by atoms with Gasteiger partial charge in [-0.25, -0.2) is 4.98 Å². The minimum Gasteiger partial charge on any atom is -0.347 e. The minimum absolute atomic E-state index is 0.00225. The van der Waals surface area contributed by atoms with Crippen molar-refractivity contribution in [2.75, 3.05) is 0 Å². The highest BCUT2D eigenvalue weighted by atomic mass is 35.5. The Morgan fingerprint density at radius 1 is 1.00 bits per heavy atom. The topological polar surface area (TPSA) is 59.8 Å². The van der Waals surface area contributed by atoms with Gasteiger partial charge in [-0.1, -0.05) is 70.7 Å². The fourth-order valence-electron chi connectivity index (χ4n) is 2.35. The summed E-state index contributed by atoms with van der Waals surface area (Å²) >= 11 is 23.8. The summed E-state index contributed by atoms with van der Waals surface area (Å²) in [4.78, 5) is 16.4. The molecular weight excluding hydrogens is 418 g/mol. The largest absolute Gasteiger partial charge is 0.347 e. The van der Waals surface area contributed by atoms with Crippen LogP contribution in [0.5, 0.6) is 0 Å². The molecule has 1 N–H and O–H groups in total. The van der Waals surface area contributed by atoms with E-state index in [1.54, 1.807) is 10.9 Å². The number of benzene rings is 1. The SMILES string of the molecule is O=C(NCc1ccccc1Cn1cccn1)c1nc(Cl)c(Cl)c(Cl)c1Cl. The minimum atomic E-state index is -0.496. The molecule has 3 rings (SSSR count). The van der Waals surface area contributed by atoms with E-state index in [0.29, 0.717) is 6.54 Å². The molecule has 0 atom stereocenters. The zero-order chi connectivity index (χ0) is 18.7. The number of pyridine rings is 1. The third-order valence-electron chi connectivity index (χ3n) is 3.65. The van der Waals surface area contributed by atoms with Gasteiger partial charge in [0.25, 0.3) is 5.91 Å². The van der Waals surface area contributed by atoms with Crippen LogP contribution in [-0.4, -0.2) is 20.7 Å². The number of hydrogen-bond acceptors (Lipinski definition) is 3.